The lowest BCUT2D eigenvalue weighted by atomic mass is 10.1. The van der Waals surface area contributed by atoms with Crippen molar-refractivity contribution in [1.29, 1.82) is 0 Å². The summed E-state index contributed by atoms with van der Waals surface area (Å²) in [6.07, 6.45) is 1.01. The quantitative estimate of drug-likeness (QED) is 0.648. The lowest BCUT2D eigenvalue weighted by Gasteiger charge is -2.12. The largest absolute Gasteiger partial charge is 0.494 e. The van der Waals surface area contributed by atoms with Gasteiger partial charge in [-0.15, -0.1) is 0 Å². The molecule has 0 radical (unpaired) electrons. The molecular weight excluding hydrogens is 360 g/mol. The second-order valence-corrected chi connectivity index (χ2v) is 6.83. The highest BCUT2D eigenvalue weighted by Crippen LogP contribution is 2.17. The summed E-state index contributed by atoms with van der Waals surface area (Å²) in [5.41, 5.74) is 1.26. The SMILES string of the molecule is CCOc1cccc(C(=O)NC(=S)Nc2ccc(OCCC(C)C)cc2)c1. The summed E-state index contributed by atoms with van der Waals surface area (Å²) < 4.78 is 11.1. The van der Waals surface area contributed by atoms with Crippen LogP contribution in [0.25, 0.3) is 0 Å². The molecule has 2 N–H and O–H groups in total. The van der Waals surface area contributed by atoms with Gasteiger partial charge in [0.15, 0.2) is 5.11 Å². The zero-order valence-corrected chi connectivity index (χ0v) is 16.8. The maximum Gasteiger partial charge on any atom is 0.257 e. The standard InChI is InChI=1S/C21H26N2O3S/c1-4-25-19-7-5-6-16(14-19)20(24)23-21(27)22-17-8-10-18(11-9-17)26-13-12-15(2)3/h5-11,14-15H,4,12-13H2,1-3H3,(H2,22,23,24,27). The van der Waals surface area contributed by atoms with Crippen LogP contribution >= 0.6 is 12.2 Å². The van der Waals surface area contributed by atoms with Crippen molar-refractivity contribution in [1.82, 2.24) is 5.32 Å². The van der Waals surface area contributed by atoms with E-state index in [-0.39, 0.29) is 11.0 Å². The van der Waals surface area contributed by atoms with Crippen molar-refractivity contribution < 1.29 is 14.3 Å². The second-order valence-electron chi connectivity index (χ2n) is 6.42. The van der Waals surface area contributed by atoms with Crippen molar-refractivity contribution in [2.24, 2.45) is 5.92 Å². The molecule has 0 spiro atoms. The Morgan fingerprint density at radius 2 is 1.81 bits per heavy atom. The van der Waals surface area contributed by atoms with E-state index >= 15 is 0 Å². The van der Waals surface area contributed by atoms with Crippen LogP contribution in [0, 0.1) is 5.92 Å². The number of benzene rings is 2. The number of amides is 1. The average Bonchev–Trinajstić information content (AvgIpc) is 2.63. The molecule has 0 saturated carbocycles. The van der Waals surface area contributed by atoms with Gasteiger partial charge in [-0.2, -0.15) is 0 Å². The van der Waals surface area contributed by atoms with Crippen LogP contribution in [0.2, 0.25) is 0 Å². The molecule has 0 aromatic heterocycles. The van der Waals surface area contributed by atoms with Crippen molar-refractivity contribution in [2.75, 3.05) is 18.5 Å². The lowest BCUT2D eigenvalue weighted by molar-refractivity contribution is 0.0977. The van der Waals surface area contributed by atoms with Crippen LogP contribution in [0.15, 0.2) is 48.5 Å². The predicted octanol–water partition coefficient (Wildman–Crippen LogP) is 4.64. The monoisotopic (exact) mass is 386 g/mol. The number of carbonyl (C=O) groups excluding carboxylic acids is 1. The molecule has 0 bridgehead atoms. The molecule has 0 saturated heterocycles. The van der Waals surface area contributed by atoms with Gasteiger partial charge in [0.2, 0.25) is 0 Å². The van der Waals surface area contributed by atoms with Gasteiger partial charge in [0.05, 0.1) is 13.2 Å². The Bertz CT molecular complexity index is 760. The molecule has 2 aromatic carbocycles. The van der Waals surface area contributed by atoms with Crippen molar-refractivity contribution >= 4 is 28.9 Å². The molecule has 144 valence electrons. The first kappa shape index (κ1) is 20.7. The van der Waals surface area contributed by atoms with Crippen LogP contribution in [0.1, 0.15) is 37.6 Å². The number of ether oxygens (including phenoxy) is 2. The van der Waals surface area contributed by atoms with E-state index in [2.05, 4.69) is 24.5 Å². The molecule has 0 heterocycles. The normalized spacial score (nSPS) is 10.4. The van der Waals surface area contributed by atoms with Crippen LogP contribution in [0.4, 0.5) is 5.69 Å². The zero-order valence-electron chi connectivity index (χ0n) is 16.0. The van der Waals surface area contributed by atoms with Gasteiger partial charge in [-0.3, -0.25) is 10.1 Å². The smallest absolute Gasteiger partial charge is 0.257 e. The van der Waals surface area contributed by atoms with Crippen LogP contribution in [0.5, 0.6) is 11.5 Å². The lowest BCUT2D eigenvalue weighted by Crippen LogP contribution is -2.34. The fourth-order valence-corrected chi connectivity index (χ4v) is 2.49. The zero-order chi connectivity index (χ0) is 19.6. The fraction of sp³-hybridized carbons (Fsp3) is 0.333. The minimum Gasteiger partial charge on any atom is -0.494 e. The van der Waals surface area contributed by atoms with E-state index in [1.807, 2.05) is 37.3 Å². The molecule has 0 aliphatic carbocycles. The number of rotatable bonds is 8. The maximum absolute atomic E-state index is 12.3. The number of anilines is 1. The van der Waals surface area contributed by atoms with E-state index in [1.165, 1.54) is 0 Å². The average molecular weight is 387 g/mol. The molecule has 0 unspecified atom stereocenters. The van der Waals surface area contributed by atoms with Crippen molar-refractivity contribution in [2.45, 2.75) is 27.2 Å². The Morgan fingerprint density at radius 3 is 2.48 bits per heavy atom. The second kappa shape index (κ2) is 10.5. The molecule has 2 rings (SSSR count). The minimum absolute atomic E-state index is 0.232. The van der Waals surface area contributed by atoms with Gasteiger partial charge >= 0.3 is 0 Å². The predicted molar refractivity (Wildman–Crippen MR) is 113 cm³/mol. The number of nitrogens with one attached hydrogen (secondary N) is 2. The molecule has 27 heavy (non-hydrogen) atoms. The molecule has 5 nitrogen and oxygen atoms in total. The molecule has 0 atom stereocenters. The van der Waals surface area contributed by atoms with Crippen LogP contribution < -0.4 is 20.1 Å². The molecule has 0 aliphatic rings. The minimum atomic E-state index is -0.289. The van der Waals surface area contributed by atoms with Gasteiger partial charge in [-0.1, -0.05) is 19.9 Å². The Labute approximate surface area is 166 Å². The van der Waals surface area contributed by atoms with E-state index in [9.17, 15) is 4.79 Å². The Hall–Kier alpha value is -2.60. The van der Waals surface area contributed by atoms with Gasteiger partial charge in [0.1, 0.15) is 11.5 Å². The van der Waals surface area contributed by atoms with Gasteiger partial charge in [0.25, 0.3) is 5.91 Å². The molecule has 0 fully saturated rings. The highest BCUT2D eigenvalue weighted by molar-refractivity contribution is 7.80. The highest BCUT2D eigenvalue weighted by Gasteiger charge is 2.09. The first-order chi connectivity index (χ1) is 13.0. The van der Waals surface area contributed by atoms with Gasteiger partial charge in [0, 0.05) is 11.3 Å². The van der Waals surface area contributed by atoms with E-state index < -0.39 is 0 Å². The summed E-state index contributed by atoms with van der Waals surface area (Å²) >= 11 is 5.22. The van der Waals surface area contributed by atoms with E-state index in [4.69, 9.17) is 21.7 Å². The molecular formula is C21H26N2O3S. The van der Waals surface area contributed by atoms with Gasteiger partial charge < -0.3 is 14.8 Å². The summed E-state index contributed by atoms with van der Waals surface area (Å²) in [6.45, 7) is 7.46. The Kier molecular flexibility index (Phi) is 8.07. The van der Waals surface area contributed by atoms with E-state index in [0.717, 1.165) is 17.9 Å². The fourth-order valence-electron chi connectivity index (χ4n) is 2.28. The topological polar surface area (TPSA) is 59.6 Å². The first-order valence-electron chi connectivity index (χ1n) is 9.06. The number of thiocarbonyl (C=S) groups is 1. The van der Waals surface area contributed by atoms with Crippen molar-refractivity contribution in [3.63, 3.8) is 0 Å². The summed E-state index contributed by atoms with van der Waals surface area (Å²) in [5.74, 6) is 1.78. The van der Waals surface area contributed by atoms with E-state index in [0.29, 0.717) is 30.4 Å². The first-order valence-corrected chi connectivity index (χ1v) is 9.46. The van der Waals surface area contributed by atoms with Gasteiger partial charge in [-0.05, 0) is 73.9 Å². The summed E-state index contributed by atoms with van der Waals surface area (Å²) in [5, 5.41) is 5.90. The maximum atomic E-state index is 12.3. The summed E-state index contributed by atoms with van der Waals surface area (Å²) in [4.78, 5) is 12.3. The number of hydrogen-bond acceptors (Lipinski definition) is 4. The Balaban J connectivity index is 1.86. The molecule has 0 aliphatic heterocycles. The summed E-state index contributed by atoms with van der Waals surface area (Å²) in [7, 11) is 0. The van der Waals surface area contributed by atoms with E-state index in [1.54, 1.807) is 18.2 Å². The third kappa shape index (κ3) is 7.27. The van der Waals surface area contributed by atoms with Crippen LogP contribution in [0.3, 0.4) is 0 Å². The van der Waals surface area contributed by atoms with Crippen molar-refractivity contribution in [3.8, 4) is 11.5 Å². The molecule has 1 amide bonds. The molecule has 2 aromatic rings. The Morgan fingerprint density at radius 1 is 1.07 bits per heavy atom. The third-order valence-electron chi connectivity index (χ3n) is 3.71. The van der Waals surface area contributed by atoms with Gasteiger partial charge in [-0.25, -0.2) is 0 Å². The number of carbonyl (C=O) groups is 1. The number of hydrogen-bond donors (Lipinski definition) is 2. The molecule has 6 heteroatoms. The third-order valence-corrected chi connectivity index (χ3v) is 3.91. The van der Waals surface area contributed by atoms with Crippen LogP contribution in [-0.4, -0.2) is 24.2 Å². The van der Waals surface area contributed by atoms with Crippen molar-refractivity contribution in [3.05, 3.63) is 54.1 Å². The van der Waals surface area contributed by atoms with Crippen LogP contribution in [-0.2, 0) is 0 Å². The summed E-state index contributed by atoms with van der Waals surface area (Å²) in [6, 6.07) is 14.4. The highest BCUT2D eigenvalue weighted by atomic mass is 32.1.